The molecule has 3 aliphatic heterocycles. The Labute approximate surface area is 250 Å². The molecular formula is C33H31Cl2N3O3. The number of anilines is 1. The minimum atomic E-state index is -1.21. The lowest BCUT2D eigenvalue weighted by atomic mass is 9.59. The van der Waals surface area contributed by atoms with E-state index in [-0.39, 0.29) is 24.3 Å². The number of carbonyl (C=O) groups excluding carboxylic acids is 2. The molecule has 0 aliphatic carbocycles. The van der Waals surface area contributed by atoms with Gasteiger partial charge >= 0.3 is 0 Å². The van der Waals surface area contributed by atoms with Crippen LogP contribution in [-0.4, -0.2) is 42.5 Å². The van der Waals surface area contributed by atoms with Gasteiger partial charge in [-0.3, -0.25) is 9.59 Å². The lowest BCUT2D eigenvalue weighted by Crippen LogP contribution is -2.57. The van der Waals surface area contributed by atoms with E-state index in [1.807, 2.05) is 42.5 Å². The second-order valence-electron chi connectivity index (χ2n) is 11.0. The van der Waals surface area contributed by atoms with E-state index in [0.29, 0.717) is 32.6 Å². The molecule has 0 radical (unpaired) electrons. The summed E-state index contributed by atoms with van der Waals surface area (Å²) in [6.45, 7) is 5.08. The number of rotatable bonds is 5. The summed E-state index contributed by atoms with van der Waals surface area (Å²) in [5.41, 5.74) is 2.29. The van der Waals surface area contributed by atoms with Crippen LogP contribution in [0.1, 0.15) is 60.4 Å². The van der Waals surface area contributed by atoms with Gasteiger partial charge in [0, 0.05) is 52.3 Å². The van der Waals surface area contributed by atoms with Crippen LogP contribution in [0.2, 0.25) is 10.0 Å². The summed E-state index contributed by atoms with van der Waals surface area (Å²) >= 11 is 12.8. The van der Waals surface area contributed by atoms with Gasteiger partial charge < -0.3 is 20.3 Å². The summed E-state index contributed by atoms with van der Waals surface area (Å²) in [5, 5.41) is 7.30. The minimum Gasteiger partial charge on any atom is -0.490 e. The molecule has 41 heavy (non-hydrogen) atoms. The first-order valence-corrected chi connectivity index (χ1v) is 14.7. The number of hydrogen-bond donors (Lipinski definition) is 2. The van der Waals surface area contributed by atoms with Crippen molar-refractivity contribution in [1.82, 2.24) is 10.2 Å². The van der Waals surface area contributed by atoms with Crippen molar-refractivity contribution in [2.45, 2.75) is 49.7 Å². The molecule has 3 heterocycles. The standard InChI is InChI=1S/C33H31Cl2N3O3/c1-3-20-8-11-29(41-24-12-14-38(4-2)15-13-24)25(16-20)31-33(26-10-9-23(35)18-28(26)36-32(33)40)27(19-30(39)37-31)21-6-5-7-22(34)17-21/h1,5-11,16-18,24,27,31H,4,12-15,19H2,2H3,(H,36,40)(H,37,39)/t27-,31+,33-/m0/s1. The molecule has 0 bridgehead atoms. The molecule has 2 saturated heterocycles. The van der Waals surface area contributed by atoms with E-state index in [9.17, 15) is 9.59 Å². The van der Waals surface area contributed by atoms with E-state index in [4.69, 9.17) is 34.4 Å². The molecule has 0 unspecified atom stereocenters. The highest BCUT2D eigenvalue weighted by Gasteiger charge is 2.61. The third kappa shape index (κ3) is 4.86. The molecule has 3 aliphatic rings. The summed E-state index contributed by atoms with van der Waals surface area (Å²) in [6.07, 6.45) is 7.74. The predicted octanol–water partition coefficient (Wildman–Crippen LogP) is 6.07. The lowest BCUT2D eigenvalue weighted by molar-refractivity contribution is -0.131. The van der Waals surface area contributed by atoms with Crippen LogP contribution in [-0.2, 0) is 15.0 Å². The number of hydrogen-bond acceptors (Lipinski definition) is 4. The van der Waals surface area contributed by atoms with E-state index in [0.717, 1.165) is 43.6 Å². The van der Waals surface area contributed by atoms with Crippen LogP contribution in [0.15, 0.2) is 60.7 Å². The zero-order chi connectivity index (χ0) is 28.7. The van der Waals surface area contributed by atoms with E-state index in [1.54, 1.807) is 18.2 Å². The van der Waals surface area contributed by atoms with Crippen LogP contribution in [0.4, 0.5) is 5.69 Å². The molecule has 6 nitrogen and oxygen atoms in total. The number of nitrogens with zero attached hydrogens (tertiary/aromatic N) is 1. The summed E-state index contributed by atoms with van der Waals surface area (Å²) in [6, 6.07) is 17.6. The van der Waals surface area contributed by atoms with E-state index in [1.165, 1.54) is 0 Å². The highest BCUT2D eigenvalue weighted by molar-refractivity contribution is 6.31. The molecule has 3 aromatic carbocycles. The number of carbonyl (C=O) groups is 2. The second-order valence-corrected chi connectivity index (χ2v) is 11.8. The highest BCUT2D eigenvalue weighted by Crippen LogP contribution is 2.58. The van der Waals surface area contributed by atoms with E-state index >= 15 is 0 Å². The fourth-order valence-electron chi connectivity index (χ4n) is 6.76. The number of fused-ring (bicyclic) bond motifs is 2. The smallest absolute Gasteiger partial charge is 0.238 e. The zero-order valence-corrected chi connectivity index (χ0v) is 24.3. The van der Waals surface area contributed by atoms with Gasteiger partial charge in [0.05, 0.1) is 6.04 Å². The van der Waals surface area contributed by atoms with Crippen molar-refractivity contribution < 1.29 is 14.3 Å². The Morgan fingerprint density at radius 3 is 2.56 bits per heavy atom. The van der Waals surface area contributed by atoms with Gasteiger partial charge in [0.1, 0.15) is 17.3 Å². The van der Waals surface area contributed by atoms with Crippen molar-refractivity contribution in [3.63, 3.8) is 0 Å². The Bertz CT molecular complexity index is 1560. The van der Waals surface area contributed by atoms with Crippen LogP contribution in [0.3, 0.4) is 0 Å². The maximum atomic E-state index is 14.4. The van der Waals surface area contributed by atoms with Gasteiger partial charge in [-0.15, -0.1) is 6.42 Å². The maximum Gasteiger partial charge on any atom is 0.238 e. The fraction of sp³-hybridized carbons (Fsp3) is 0.333. The van der Waals surface area contributed by atoms with Crippen molar-refractivity contribution in [2.24, 2.45) is 0 Å². The Hall–Kier alpha value is -3.50. The van der Waals surface area contributed by atoms with Gasteiger partial charge in [0.25, 0.3) is 0 Å². The number of terminal acetylenes is 1. The Balaban J connectivity index is 1.54. The van der Waals surface area contributed by atoms with Gasteiger partial charge in [-0.2, -0.15) is 0 Å². The number of amides is 2. The number of halogens is 2. The molecule has 3 aromatic rings. The molecule has 6 rings (SSSR count). The number of benzene rings is 3. The van der Waals surface area contributed by atoms with Crippen LogP contribution >= 0.6 is 23.2 Å². The summed E-state index contributed by atoms with van der Waals surface area (Å²) in [5.74, 6) is 2.42. The molecule has 1 spiro atoms. The quantitative estimate of drug-likeness (QED) is 0.355. The number of piperidine rings is 2. The third-order valence-electron chi connectivity index (χ3n) is 8.76. The van der Waals surface area contributed by atoms with Crippen molar-refractivity contribution in [3.05, 3.63) is 93.0 Å². The van der Waals surface area contributed by atoms with Gasteiger partial charge in [0.15, 0.2) is 0 Å². The van der Waals surface area contributed by atoms with E-state index < -0.39 is 17.4 Å². The molecule has 2 fully saturated rings. The van der Waals surface area contributed by atoms with Crippen molar-refractivity contribution in [1.29, 1.82) is 0 Å². The van der Waals surface area contributed by atoms with Crippen LogP contribution < -0.4 is 15.4 Å². The molecule has 8 heteroatoms. The monoisotopic (exact) mass is 587 g/mol. The molecule has 2 amide bonds. The molecule has 2 N–H and O–H groups in total. The molecule has 3 atom stereocenters. The number of likely N-dealkylation sites (tertiary alicyclic amines) is 1. The van der Waals surface area contributed by atoms with Crippen molar-refractivity contribution in [3.8, 4) is 18.1 Å². The Morgan fingerprint density at radius 1 is 1.05 bits per heavy atom. The number of nitrogens with one attached hydrogen (secondary N) is 2. The minimum absolute atomic E-state index is 0.00991. The number of ether oxygens (including phenoxy) is 1. The third-order valence-corrected chi connectivity index (χ3v) is 9.24. The van der Waals surface area contributed by atoms with Gasteiger partial charge in [-0.1, -0.05) is 54.2 Å². The van der Waals surface area contributed by atoms with Crippen LogP contribution in [0.5, 0.6) is 5.75 Å². The van der Waals surface area contributed by atoms with E-state index in [2.05, 4.69) is 28.4 Å². The Morgan fingerprint density at radius 2 is 1.83 bits per heavy atom. The SMILES string of the molecule is C#Cc1ccc(OC2CCN(CC)CC2)c([C@H]2NC(=O)C[C@@H](c3cccc(Cl)c3)[C@]23C(=O)Nc2cc(Cl)ccc23)c1. The van der Waals surface area contributed by atoms with Crippen LogP contribution in [0, 0.1) is 12.3 Å². The van der Waals surface area contributed by atoms with Crippen LogP contribution in [0.25, 0.3) is 0 Å². The first-order valence-electron chi connectivity index (χ1n) is 14.0. The fourth-order valence-corrected chi connectivity index (χ4v) is 7.13. The Kier molecular flexibility index (Phi) is 7.46. The topological polar surface area (TPSA) is 70.7 Å². The normalized spacial score (nSPS) is 24.4. The largest absolute Gasteiger partial charge is 0.490 e. The van der Waals surface area contributed by atoms with Gasteiger partial charge in [0.2, 0.25) is 11.8 Å². The summed E-state index contributed by atoms with van der Waals surface area (Å²) < 4.78 is 6.65. The van der Waals surface area contributed by atoms with Gasteiger partial charge in [-0.25, -0.2) is 0 Å². The summed E-state index contributed by atoms with van der Waals surface area (Å²) in [4.78, 5) is 30.2. The van der Waals surface area contributed by atoms with Crippen molar-refractivity contribution in [2.75, 3.05) is 25.0 Å². The van der Waals surface area contributed by atoms with Crippen molar-refractivity contribution >= 4 is 40.7 Å². The molecule has 0 saturated carbocycles. The first-order chi connectivity index (χ1) is 19.8. The lowest BCUT2D eigenvalue weighted by Gasteiger charge is -2.47. The second kappa shape index (κ2) is 11.1. The highest BCUT2D eigenvalue weighted by atomic mass is 35.5. The van der Waals surface area contributed by atoms with Gasteiger partial charge in [-0.05, 0) is 73.0 Å². The molecular weight excluding hydrogens is 557 g/mol. The average Bonchev–Trinajstić information content (AvgIpc) is 3.25. The molecule has 210 valence electrons. The average molecular weight is 589 g/mol. The summed E-state index contributed by atoms with van der Waals surface area (Å²) in [7, 11) is 0. The first kappa shape index (κ1) is 27.7. The zero-order valence-electron chi connectivity index (χ0n) is 22.8. The molecule has 0 aromatic heterocycles. The predicted molar refractivity (Wildman–Crippen MR) is 162 cm³/mol. The maximum absolute atomic E-state index is 14.4.